The van der Waals surface area contributed by atoms with Gasteiger partial charge in [0, 0.05) is 25.7 Å². The van der Waals surface area contributed by atoms with Crippen molar-refractivity contribution in [3.63, 3.8) is 0 Å². The summed E-state index contributed by atoms with van der Waals surface area (Å²) in [6, 6.07) is 8.72. The number of sulfonamides is 1. The van der Waals surface area contributed by atoms with E-state index in [0.29, 0.717) is 6.54 Å². The van der Waals surface area contributed by atoms with E-state index < -0.39 is 10.0 Å². The van der Waals surface area contributed by atoms with Gasteiger partial charge in [-0.1, -0.05) is 37.6 Å². The average molecular weight is 310 g/mol. The van der Waals surface area contributed by atoms with Gasteiger partial charge in [-0.15, -0.1) is 0 Å². The van der Waals surface area contributed by atoms with Crippen molar-refractivity contribution < 1.29 is 8.42 Å². The van der Waals surface area contributed by atoms with Crippen molar-refractivity contribution in [1.29, 1.82) is 0 Å². The molecular weight excluding hydrogens is 284 g/mol. The molecule has 2 rings (SSSR count). The van der Waals surface area contributed by atoms with Crippen molar-refractivity contribution in [1.82, 2.24) is 9.62 Å². The third-order valence-corrected chi connectivity index (χ3v) is 5.58. The van der Waals surface area contributed by atoms with E-state index in [-0.39, 0.29) is 11.8 Å². The summed E-state index contributed by atoms with van der Waals surface area (Å²) in [7, 11) is -3.11. The van der Waals surface area contributed by atoms with Gasteiger partial charge in [-0.05, 0) is 30.9 Å². The highest BCUT2D eigenvalue weighted by atomic mass is 32.2. The number of fused-ring (bicyclic) bond motifs is 1. The van der Waals surface area contributed by atoms with Gasteiger partial charge in [-0.2, -0.15) is 0 Å². The van der Waals surface area contributed by atoms with Crippen LogP contribution in [0.15, 0.2) is 24.3 Å². The van der Waals surface area contributed by atoms with Crippen LogP contribution >= 0.6 is 0 Å². The minimum absolute atomic E-state index is 0.217. The summed E-state index contributed by atoms with van der Waals surface area (Å²) in [6.07, 6.45) is 2.67. The summed E-state index contributed by atoms with van der Waals surface area (Å²) in [5.74, 6) is 0.235. The lowest BCUT2D eigenvalue weighted by atomic mass is 9.99. The SMILES string of the molecule is CCCCS(=O)(=O)NCC(C)N1CCc2ccccc2C1. The highest BCUT2D eigenvalue weighted by molar-refractivity contribution is 7.89. The molecule has 5 heteroatoms. The molecule has 1 unspecified atom stereocenters. The van der Waals surface area contributed by atoms with E-state index in [1.54, 1.807) is 0 Å². The third-order valence-electron chi connectivity index (χ3n) is 4.15. The van der Waals surface area contributed by atoms with E-state index in [4.69, 9.17) is 0 Å². The molecule has 1 aliphatic rings. The van der Waals surface area contributed by atoms with Gasteiger partial charge in [-0.3, -0.25) is 4.90 Å². The molecule has 0 fully saturated rings. The summed E-state index contributed by atoms with van der Waals surface area (Å²) in [6.45, 7) is 6.50. The van der Waals surface area contributed by atoms with Crippen LogP contribution in [0.3, 0.4) is 0 Å². The molecule has 0 radical (unpaired) electrons. The van der Waals surface area contributed by atoms with Crippen LogP contribution in [0.1, 0.15) is 37.8 Å². The molecule has 118 valence electrons. The number of nitrogens with zero attached hydrogens (tertiary/aromatic N) is 1. The molecule has 1 aromatic carbocycles. The van der Waals surface area contributed by atoms with Crippen molar-refractivity contribution in [2.45, 2.75) is 45.7 Å². The Hall–Kier alpha value is -0.910. The lowest BCUT2D eigenvalue weighted by Crippen LogP contribution is -2.44. The molecule has 4 nitrogen and oxygen atoms in total. The van der Waals surface area contributed by atoms with Crippen molar-refractivity contribution >= 4 is 10.0 Å². The molecule has 0 spiro atoms. The topological polar surface area (TPSA) is 49.4 Å². The Balaban J connectivity index is 1.86. The van der Waals surface area contributed by atoms with E-state index in [0.717, 1.165) is 32.4 Å². The van der Waals surface area contributed by atoms with Gasteiger partial charge in [0.2, 0.25) is 10.0 Å². The molecule has 1 aromatic rings. The Morgan fingerprint density at radius 2 is 2.00 bits per heavy atom. The number of hydrogen-bond donors (Lipinski definition) is 1. The number of hydrogen-bond acceptors (Lipinski definition) is 3. The fourth-order valence-corrected chi connectivity index (χ4v) is 3.99. The lowest BCUT2D eigenvalue weighted by molar-refractivity contribution is 0.192. The normalized spacial score (nSPS) is 17.4. The van der Waals surface area contributed by atoms with Gasteiger partial charge in [0.25, 0.3) is 0 Å². The molecule has 1 heterocycles. The standard InChI is InChI=1S/C16H26N2O2S/c1-3-4-11-21(19,20)17-12-14(2)18-10-9-15-7-5-6-8-16(15)13-18/h5-8,14,17H,3-4,9-13H2,1-2H3. The highest BCUT2D eigenvalue weighted by Crippen LogP contribution is 2.19. The van der Waals surface area contributed by atoms with Gasteiger partial charge in [0.1, 0.15) is 0 Å². The van der Waals surface area contributed by atoms with Crippen LogP contribution in [0.25, 0.3) is 0 Å². The fourth-order valence-electron chi connectivity index (χ4n) is 2.68. The first-order valence-electron chi connectivity index (χ1n) is 7.80. The molecule has 1 N–H and O–H groups in total. The molecule has 0 amide bonds. The molecule has 0 aliphatic carbocycles. The van der Waals surface area contributed by atoms with Crippen LogP contribution in [0.5, 0.6) is 0 Å². The van der Waals surface area contributed by atoms with Gasteiger partial charge in [0.05, 0.1) is 5.75 Å². The molecule has 0 bridgehead atoms. The lowest BCUT2D eigenvalue weighted by Gasteiger charge is -2.33. The zero-order valence-electron chi connectivity index (χ0n) is 13.0. The molecular formula is C16H26N2O2S. The van der Waals surface area contributed by atoms with Gasteiger partial charge < -0.3 is 0 Å². The Bertz CT molecular complexity index is 557. The van der Waals surface area contributed by atoms with E-state index >= 15 is 0 Å². The van der Waals surface area contributed by atoms with Crippen LogP contribution < -0.4 is 4.72 Å². The average Bonchev–Trinajstić information content (AvgIpc) is 2.50. The second-order valence-corrected chi connectivity index (χ2v) is 7.79. The van der Waals surface area contributed by atoms with E-state index in [9.17, 15) is 8.42 Å². The van der Waals surface area contributed by atoms with Crippen LogP contribution in [-0.2, 0) is 23.0 Å². The Morgan fingerprint density at radius 1 is 1.29 bits per heavy atom. The Kier molecular flexibility index (Phi) is 5.79. The first kappa shape index (κ1) is 16.5. The maximum atomic E-state index is 11.8. The molecule has 1 atom stereocenters. The number of unbranched alkanes of at least 4 members (excludes halogenated alkanes) is 1. The van der Waals surface area contributed by atoms with Crippen molar-refractivity contribution in [3.8, 4) is 0 Å². The second kappa shape index (κ2) is 7.38. The number of rotatable bonds is 7. The minimum atomic E-state index is -3.11. The van der Waals surface area contributed by atoms with Crippen LogP contribution in [0.4, 0.5) is 0 Å². The van der Waals surface area contributed by atoms with Gasteiger partial charge >= 0.3 is 0 Å². The van der Waals surface area contributed by atoms with Gasteiger partial charge in [0.15, 0.2) is 0 Å². The van der Waals surface area contributed by atoms with Crippen LogP contribution in [0, 0.1) is 0 Å². The largest absolute Gasteiger partial charge is 0.295 e. The summed E-state index contributed by atoms with van der Waals surface area (Å²) >= 11 is 0. The minimum Gasteiger partial charge on any atom is -0.295 e. The summed E-state index contributed by atoms with van der Waals surface area (Å²) in [5, 5.41) is 0. The summed E-state index contributed by atoms with van der Waals surface area (Å²) in [4.78, 5) is 2.35. The van der Waals surface area contributed by atoms with Crippen molar-refractivity contribution in [2.24, 2.45) is 0 Å². The number of nitrogens with one attached hydrogen (secondary N) is 1. The monoisotopic (exact) mass is 310 g/mol. The zero-order valence-corrected chi connectivity index (χ0v) is 13.8. The second-order valence-electron chi connectivity index (χ2n) is 5.86. The van der Waals surface area contributed by atoms with E-state index in [1.807, 2.05) is 6.92 Å². The number of benzene rings is 1. The van der Waals surface area contributed by atoms with E-state index in [1.165, 1.54) is 11.1 Å². The zero-order chi connectivity index (χ0) is 15.3. The Labute approximate surface area is 128 Å². The van der Waals surface area contributed by atoms with Crippen molar-refractivity contribution in [2.75, 3.05) is 18.8 Å². The third kappa shape index (κ3) is 4.80. The fraction of sp³-hybridized carbons (Fsp3) is 0.625. The quantitative estimate of drug-likeness (QED) is 0.839. The molecule has 1 aliphatic heterocycles. The first-order valence-corrected chi connectivity index (χ1v) is 9.45. The van der Waals surface area contributed by atoms with Crippen LogP contribution in [-0.4, -0.2) is 38.2 Å². The summed E-state index contributed by atoms with van der Waals surface area (Å²) < 4.78 is 26.4. The van der Waals surface area contributed by atoms with Gasteiger partial charge in [-0.25, -0.2) is 13.1 Å². The van der Waals surface area contributed by atoms with Crippen molar-refractivity contribution in [3.05, 3.63) is 35.4 Å². The maximum Gasteiger partial charge on any atom is 0.211 e. The summed E-state index contributed by atoms with van der Waals surface area (Å²) in [5.41, 5.74) is 2.79. The molecule has 0 saturated heterocycles. The predicted octanol–water partition coefficient (Wildman–Crippen LogP) is 2.15. The first-order chi connectivity index (χ1) is 10.0. The molecule has 21 heavy (non-hydrogen) atoms. The molecule has 0 aromatic heterocycles. The highest BCUT2D eigenvalue weighted by Gasteiger charge is 2.21. The maximum absolute atomic E-state index is 11.8. The van der Waals surface area contributed by atoms with Crippen LogP contribution in [0.2, 0.25) is 0 Å². The predicted molar refractivity (Wildman–Crippen MR) is 86.7 cm³/mol. The Morgan fingerprint density at radius 3 is 2.71 bits per heavy atom. The smallest absolute Gasteiger partial charge is 0.211 e. The molecule has 0 saturated carbocycles. The van der Waals surface area contributed by atoms with E-state index in [2.05, 4.69) is 40.8 Å².